The molecule has 2 aromatic rings. The van der Waals surface area contributed by atoms with Gasteiger partial charge in [0.1, 0.15) is 11.5 Å². The van der Waals surface area contributed by atoms with Crippen LogP contribution in [0.4, 0.5) is 14.5 Å². The van der Waals surface area contributed by atoms with E-state index in [1.54, 1.807) is 36.4 Å². The molecule has 0 unspecified atom stereocenters. The molecule has 0 aliphatic heterocycles. The van der Waals surface area contributed by atoms with Crippen LogP contribution in [0.25, 0.3) is 0 Å². The summed E-state index contributed by atoms with van der Waals surface area (Å²) >= 11 is 5.07. The van der Waals surface area contributed by atoms with Crippen LogP contribution >= 0.6 is 12.2 Å². The number of benzene rings is 2. The van der Waals surface area contributed by atoms with Crippen molar-refractivity contribution >= 4 is 28.9 Å². The summed E-state index contributed by atoms with van der Waals surface area (Å²) in [6.07, 6.45) is 2.00. The van der Waals surface area contributed by atoms with Gasteiger partial charge in [0.25, 0.3) is 5.91 Å². The first-order valence-electron chi connectivity index (χ1n) is 8.38. The molecule has 2 N–H and O–H groups in total. The van der Waals surface area contributed by atoms with E-state index >= 15 is 0 Å². The van der Waals surface area contributed by atoms with Gasteiger partial charge in [-0.25, -0.2) is 0 Å². The van der Waals surface area contributed by atoms with Crippen LogP contribution in [-0.4, -0.2) is 24.2 Å². The Bertz CT molecular complexity index is 770. The number of carbonyl (C=O) groups excluding carboxylic acids is 1. The summed E-state index contributed by atoms with van der Waals surface area (Å²) in [5, 5.41) is 5.14. The molecule has 5 nitrogen and oxygen atoms in total. The van der Waals surface area contributed by atoms with Gasteiger partial charge < -0.3 is 14.8 Å². The van der Waals surface area contributed by atoms with E-state index in [2.05, 4.69) is 22.3 Å². The summed E-state index contributed by atoms with van der Waals surface area (Å²) in [6, 6.07) is 12.7. The molecule has 0 fully saturated rings. The summed E-state index contributed by atoms with van der Waals surface area (Å²) in [5.74, 6) is 0.177. The summed E-state index contributed by atoms with van der Waals surface area (Å²) in [7, 11) is 0. The topological polar surface area (TPSA) is 59.6 Å². The highest BCUT2D eigenvalue weighted by atomic mass is 32.1. The Kier molecular flexibility index (Phi) is 7.94. The van der Waals surface area contributed by atoms with Gasteiger partial charge in [-0.15, -0.1) is 0 Å². The largest absolute Gasteiger partial charge is 0.494 e. The van der Waals surface area contributed by atoms with Gasteiger partial charge in [-0.1, -0.05) is 25.5 Å². The number of anilines is 1. The zero-order valence-electron chi connectivity index (χ0n) is 14.7. The molecule has 27 heavy (non-hydrogen) atoms. The maximum atomic E-state index is 12.4. The standard InChI is InChI=1S/C19H20F2N2O3S/c1-2-3-12-25-14-10-8-13(9-11-14)17(24)23-19(27)22-15-6-4-5-7-16(15)26-18(20)21/h4-11,18H,2-3,12H2,1H3,(H2,22,23,24,27). The molecule has 8 heteroatoms. The van der Waals surface area contributed by atoms with Gasteiger partial charge in [-0.2, -0.15) is 8.78 Å². The molecular weight excluding hydrogens is 374 g/mol. The predicted molar refractivity (Wildman–Crippen MR) is 104 cm³/mol. The van der Waals surface area contributed by atoms with Crippen molar-refractivity contribution in [3.05, 3.63) is 54.1 Å². The molecule has 0 aliphatic rings. The average Bonchev–Trinajstić information content (AvgIpc) is 2.63. The molecular formula is C19H20F2N2O3S. The van der Waals surface area contributed by atoms with Crippen LogP contribution in [-0.2, 0) is 0 Å². The number of para-hydroxylation sites is 2. The molecule has 2 aromatic carbocycles. The molecule has 0 bridgehead atoms. The number of carbonyl (C=O) groups is 1. The van der Waals surface area contributed by atoms with Gasteiger partial charge in [0.2, 0.25) is 0 Å². The number of rotatable bonds is 8. The molecule has 0 radical (unpaired) electrons. The van der Waals surface area contributed by atoms with Crippen molar-refractivity contribution in [2.24, 2.45) is 0 Å². The van der Waals surface area contributed by atoms with Crippen molar-refractivity contribution in [3.63, 3.8) is 0 Å². The first kappa shape index (κ1) is 20.6. The molecule has 0 spiro atoms. The molecule has 0 aromatic heterocycles. The van der Waals surface area contributed by atoms with Crippen molar-refractivity contribution in [2.45, 2.75) is 26.4 Å². The number of nitrogens with one attached hydrogen (secondary N) is 2. The third-order valence-electron chi connectivity index (χ3n) is 3.46. The van der Waals surface area contributed by atoms with Gasteiger partial charge in [0.15, 0.2) is 5.11 Å². The maximum Gasteiger partial charge on any atom is 0.387 e. The lowest BCUT2D eigenvalue weighted by Crippen LogP contribution is -2.34. The smallest absolute Gasteiger partial charge is 0.387 e. The number of ether oxygens (including phenoxy) is 2. The fourth-order valence-corrected chi connectivity index (χ4v) is 2.34. The Hall–Kier alpha value is -2.74. The third-order valence-corrected chi connectivity index (χ3v) is 3.67. The van der Waals surface area contributed by atoms with Crippen LogP contribution in [0.15, 0.2) is 48.5 Å². The van der Waals surface area contributed by atoms with Gasteiger partial charge in [0, 0.05) is 5.56 Å². The third kappa shape index (κ3) is 6.82. The van der Waals surface area contributed by atoms with E-state index in [0.29, 0.717) is 17.9 Å². The molecule has 0 atom stereocenters. The molecule has 1 amide bonds. The Morgan fingerprint density at radius 2 is 1.85 bits per heavy atom. The van der Waals surface area contributed by atoms with Crippen molar-refractivity contribution in [1.82, 2.24) is 5.32 Å². The Morgan fingerprint density at radius 3 is 2.52 bits per heavy atom. The van der Waals surface area contributed by atoms with Gasteiger partial charge >= 0.3 is 6.61 Å². The fraction of sp³-hybridized carbons (Fsp3) is 0.263. The van der Waals surface area contributed by atoms with Gasteiger partial charge in [0.05, 0.1) is 12.3 Å². The fourth-order valence-electron chi connectivity index (χ4n) is 2.13. The Morgan fingerprint density at radius 1 is 1.15 bits per heavy atom. The lowest BCUT2D eigenvalue weighted by molar-refractivity contribution is -0.0493. The first-order chi connectivity index (χ1) is 13.0. The summed E-state index contributed by atoms with van der Waals surface area (Å²) < 4.78 is 34.8. The van der Waals surface area contributed by atoms with Gasteiger partial charge in [-0.3, -0.25) is 10.1 Å². The van der Waals surface area contributed by atoms with E-state index in [9.17, 15) is 13.6 Å². The lowest BCUT2D eigenvalue weighted by Gasteiger charge is -2.14. The highest BCUT2D eigenvalue weighted by Crippen LogP contribution is 2.25. The van der Waals surface area contributed by atoms with Crippen LogP contribution in [0.2, 0.25) is 0 Å². The minimum atomic E-state index is -2.96. The number of unbranched alkanes of at least 4 members (excludes halogenated alkanes) is 1. The first-order valence-corrected chi connectivity index (χ1v) is 8.79. The number of amides is 1. The molecule has 2 rings (SSSR count). The van der Waals surface area contributed by atoms with Gasteiger partial charge in [-0.05, 0) is 55.0 Å². The zero-order chi connectivity index (χ0) is 19.6. The van der Waals surface area contributed by atoms with Crippen LogP contribution in [0.3, 0.4) is 0 Å². The van der Waals surface area contributed by atoms with Crippen LogP contribution in [0.1, 0.15) is 30.1 Å². The second kappa shape index (κ2) is 10.4. The Labute approximate surface area is 161 Å². The maximum absolute atomic E-state index is 12.4. The van der Waals surface area contributed by atoms with Crippen molar-refractivity contribution in [3.8, 4) is 11.5 Å². The molecule has 0 aliphatic carbocycles. The number of halogens is 2. The summed E-state index contributed by atoms with van der Waals surface area (Å²) in [5.41, 5.74) is 0.613. The predicted octanol–water partition coefficient (Wildman–Crippen LogP) is 4.59. The average molecular weight is 394 g/mol. The molecule has 144 valence electrons. The quantitative estimate of drug-likeness (QED) is 0.506. The molecule has 0 heterocycles. The van der Waals surface area contributed by atoms with E-state index in [1.807, 2.05) is 0 Å². The van der Waals surface area contributed by atoms with Crippen molar-refractivity contribution in [1.29, 1.82) is 0 Å². The number of thiocarbonyl (C=S) groups is 1. The van der Waals surface area contributed by atoms with E-state index in [0.717, 1.165) is 12.8 Å². The zero-order valence-corrected chi connectivity index (χ0v) is 15.5. The molecule has 0 saturated heterocycles. The minimum absolute atomic E-state index is 0.0337. The second-order valence-corrected chi connectivity index (χ2v) is 5.92. The number of hydrogen-bond donors (Lipinski definition) is 2. The number of alkyl halides is 2. The normalized spacial score (nSPS) is 10.4. The molecule has 0 saturated carbocycles. The van der Waals surface area contributed by atoms with E-state index in [-0.39, 0.29) is 16.5 Å². The van der Waals surface area contributed by atoms with E-state index < -0.39 is 12.5 Å². The summed E-state index contributed by atoms with van der Waals surface area (Å²) in [4.78, 5) is 12.2. The van der Waals surface area contributed by atoms with Crippen LogP contribution < -0.4 is 20.1 Å². The number of hydrogen-bond acceptors (Lipinski definition) is 4. The van der Waals surface area contributed by atoms with Crippen LogP contribution in [0, 0.1) is 0 Å². The second-order valence-electron chi connectivity index (χ2n) is 5.51. The monoisotopic (exact) mass is 394 g/mol. The van der Waals surface area contributed by atoms with Crippen molar-refractivity contribution < 1.29 is 23.0 Å². The van der Waals surface area contributed by atoms with Crippen molar-refractivity contribution in [2.75, 3.05) is 11.9 Å². The highest BCUT2D eigenvalue weighted by Gasteiger charge is 2.12. The summed E-state index contributed by atoms with van der Waals surface area (Å²) in [6.45, 7) is -0.267. The van der Waals surface area contributed by atoms with Crippen LogP contribution in [0.5, 0.6) is 11.5 Å². The SMILES string of the molecule is CCCCOc1ccc(C(=O)NC(=S)Nc2ccccc2OC(F)F)cc1. The Balaban J connectivity index is 1.93. The minimum Gasteiger partial charge on any atom is -0.494 e. The lowest BCUT2D eigenvalue weighted by atomic mass is 10.2. The van der Waals surface area contributed by atoms with E-state index in [4.69, 9.17) is 17.0 Å². The highest BCUT2D eigenvalue weighted by molar-refractivity contribution is 7.80. The van der Waals surface area contributed by atoms with E-state index in [1.165, 1.54) is 12.1 Å².